The van der Waals surface area contributed by atoms with E-state index in [-0.39, 0.29) is 48.7 Å². The third kappa shape index (κ3) is 3.11. The smallest absolute Gasteiger partial charge is 0.322 e. The van der Waals surface area contributed by atoms with Crippen molar-refractivity contribution in [3.63, 3.8) is 0 Å². The van der Waals surface area contributed by atoms with Gasteiger partial charge < -0.3 is 15.7 Å². The molecule has 1 N–H and O–H groups in total. The third-order valence-electron chi connectivity index (χ3n) is 1.65. The number of nitrogens with zero attached hydrogens (tertiary/aromatic N) is 2. The molecule has 0 saturated carbocycles. The molecule has 1 aromatic heterocycles. The van der Waals surface area contributed by atoms with Crippen LogP contribution >= 0.6 is 11.6 Å². The fourth-order valence-corrected chi connectivity index (χ4v) is 1.17. The van der Waals surface area contributed by atoms with Crippen LogP contribution in [0.2, 0.25) is 5.15 Å². The van der Waals surface area contributed by atoms with Crippen molar-refractivity contribution < 1.29 is 46.6 Å². The topological polar surface area (TPSA) is 91.6 Å². The molecule has 0 bridgehead atoms. The van der Waals surface area contributed by atoms with Gasteiger partial charge in [0.05, 0.1) is 12.3 Å². The van der Waals surface area contributed by atoms with Crippen LogP contribution in [-0.4, -0.2) is 5.91 Å². The molecule has 1 aromatic rings. The van der Waals surface area contributed by atoms with Gasteiger partial charge in [0.25, 0.3) is 0 Å². The molecule has 1 rings (SSSR count). The van der Waals surface area contributed by atoms with Gasteiger partial charge in [0.15, 0.2) is 0 Å². The van der Waals surface area contributed by atoms with Gasteiger partial charge in [-0.25, -0.2) is 0 Å². The van der Waals surface area contributed by atoms with Gasteiger partial charge in [-0.15, -0.1) is 0 Å². The van der Waals surface area contributed by atoms with Crippen LogP contribution < -0.4 is 4.73 Å². The number of amides is 1. The number of nitriles is 1. The zero-order valence-corrected chi connectivity index (χ0v) is 11.4. The molecule has 16 heavy (non-hydrogen) atoms. The van der Waals surface area contributed by atoms with E-state index >= 15 is 0 Å². The van der Waals surface area contributed by atoms with Gasteiger partial charge in [-0.3, -0.25) is 0 Å². The van der Waals surface area contributed by atoms with Crippen molar-refractivity contribution in [1.29, 1.82) is 5.26 Å². The summed E-state index contributed by atoms with van der Waals surface area (Å²) in [4.78, 5) is 10.5. The first kappa shape index (κ1) is 15.2. The van der Waals surface area contributed by atoms with Crippen LogP contribution in [0.5, 0.6) is 0 Å². The van der Waals surface area contributed by atoms with Crippen LogP contribution in [0.3, 0.4) is 0 Å². The van der Waals surface area contributed by atoms with Crippen molar-refractivity contribution in [2.45, 2.75) is 6.42 Å². The van der Waals surface area contributed by atoms with E-state index < -0.39 is 23.3 Å². The van der Waals surface area contributed by atoms with E-state index in [0.717, 1.165) is 6.07 Å². The Morgan fingerprint density at radius 1 is 1.75 bits per heavy atom. The molecule has 0 unspecified atom stereocenters. The molecule has 0 atom stereocenters. The molecule has 0 fully saturated rings. The van der Waals surface area contributed by atoms with E-state index in [0.29, 0.717) is 0 Å². The molecule has 0 spiro atoms. The monoisotopic (exact) mass is 317 g/mol. The van der Waals surface area contributed by atoms with Gasteiger partial charge >= 0.3 is 5.15 Å². The number of carbonyl (C=O) groups excluding carboxylic acids is 1. The molecule has 1 amide bonds. The van der Waals surface area contributed by atoms with Gasteiger partial charge in [-0.05, 0) is 11.6 Å². The fourth-order valence-electron chi connectivity index (χ4n) is 1.01. The van der Waals surface area contributed by atoms with E-state index in [4.69, 9.17) is 22.6 Å². The molecule has 1 heterocycles. The molecule has 0 saturated heterocycles. The van der Waals surface area contributed by atoms with Crippen molar-refractivity contribution >= 4 is 17.5 Å². The Balaban J connectivity index is 0.00000225. The van der Waals surface area contributed by atoms with E-state index in [9.17, 15) is 14.4 Å². The van der Waals surface area contributed by atoms with Gasteiger partial charge in [-0.2, -0.15) is 14.4 Å². The molecule has 0 aromatic carbocycles. The number of halogens is 2. The second kappa shape index (κ2) is 6.09. The van der Waals surface area contributed by atoms with Crippen LogP contribution in [-0.2, 0) is 43.9 Å². The summed E-state index contributed by atoms with van der Waals surface area (Å²) in [5, 5.41) is 19.1. The van der Waals surface area contributed by atoms with Crippen LogP contribution in [0, 0.1) is 22.4 Å². The maximum atomic E-state index is 12.9. The first-order valence-corrected chi connectivity index (χ1v) is 4.10. The molecule has 1 radical (unpaired) electrons. The SMILES string of the molecule is N#Cc1cc(F)c(Cl)[n+]([O-])c1CC([NH-])=O.[Y]. The molecule has 0 aliphatic carbocycles. The fraction of sp³-hybridized carbons (Fsp3) is 0.125. The number of aromatic nitrogens is 1. The molecule has 5 nitrogen and oxygen atoms in total. The molecular weight excluding hydrogens is 313 g/mol. The van der Waals surface area contributed by atoms with E-state index in [1.165, 1.54) is 0 Å². The second-order valence-electron chi connectivity index (χ2n) is 2.65. The average Bonchev–Trinajstić information content (AvgIpc) is 2.18. The minimum atomic E-state index is -1.06. The normalized spacial score (nSPS) is 9.06. The summed E-state index contributed by atoms with van der Waals surface area (Å²) in [5.74, 6) is -2.09. The Labute approximate surface area is 120 Å². The number of pyridine rings is 1. The van der Waals surface area contributed by atoms with Gasteiger partial charge in [0.2, 0.25) is 11.5 Å². The summed E-state index contributed by atoms with van der Waals surface area (Å²) in [5.41, 5.74) is 6.06. The predicted octanol–water partition coefficient (Wildman–Crippen LogP) is 1.10. The number of hydrogen-bond donors (Lipinski definition) is 0. The van der Waals surface area contributed by atoms with Crippen LogP contribution in [0.4, 0.5) is 4.39 Å². The molecular formula is C8H4ClFN3O2Y-. The summed E-state index contributed by atoms with van der Waals surface area (Å²) < 4.78 is 12.9. The maximum Gasteiger partial charge on any atom is 0.322 e. The molecule has 0 aliphatic heterocycles. The van der Waals surface area contributed by atoms with E-state index in [1.807, 2.05) is 0 Å². The van der Waals surface area contributed by atoms with Gasteiger partial charge in [0.1, 0.15) is 11.6 Å². The van der Waals surface area contributed by atoms with Gasteiger partial charge in [0, 0.05) is 38.8 Å². The largest absolute Gasteiger partial charge is 0.667 e. The van der Waals surface area contributed by atoms with Crippen LogP contribution in [0.25, 0.3) is 5.73 Å². The Kier molecular flexibility index (Phi) is 5.80. The zero-order chi connectivity index (χ0) is 11.6. The number of rotatable bonds is 2. The van der Waals surface area contributed by atoms with Crippen molar-refractivity contribution in [2.24, 2.45) is 0 Å². The minimum Gasteiger partial charge on any atom is -0.667 e. The summed E-state index contributed by atoms with van der Waals surface area (Å²) >= 11 is 5.29. The first-order valence-electron chi connectivity index (χ1n) is 3.72. The Morgan fingerprint density at radius 3 is 2.75 bits per heavy atom. The van der Waals surface area contributed by atoms with Crippen molar-refractivity contribution in [2.75, 3.05) is 0 Å². The van der Waals surface area contributed by atoms with Crippen molar-refractivity contribution in [3.8, 4) is 6.07 Å². The molecule has 0 aliphatic rings. The molecule has 8 heteroatoms. The Morgan fingerprint density at radius 2 is 2.31 bits per heavy atom. The number of carbonyl (C=O) groups is 1. The zero-order valence-electron chi connectivity index (χ0n) is 7.83. The summed E-state index contributed by atoms with van der Waals surface area (Å²) in [6.07, 6.45) is -0.577. The standard InChI is InChI=1S/C8H5ClFN3O2.Y/c9-8-5(10)1-4(3-11)6(13(8)15)2-7(12)14;/h1H,2H2,(H2,12,14);/p-1. The Bertz CT molecular complexity index is 475. The van der Waals surface area contributed by atoms with Crippen molar-refractivity contribution in [3.05, 3.63) is 39.2 Å². The Hall–Kier alpha value is -0.766. The third-order valence-corrected chi connectivity index (χ3v) is 1.99. The van der Waals surface area contributed by atoms with Gasteiger partial charge in [-0.1, -0.05) is 0 Å². The number of hydrogen-bond acceptors (Lipinski definition) is 3. The second-order valence-corrected chi connectivity index (χ2v) is 3.01. The number of nitrogens with one attached hydrogen (secondary N) is 1. The summed E-state index contributed by atoms with van der Waals surface area (Å²) in [6, 6.07) is 2.31. The first-order chi connectivity index (χ1) is 6.97. The summed E-state index contributed by atoms with van der Waals surface area (Å²) in [6.45, 7) is 0. The van der Waals surface area contributed by atoms with Crippen LogP contribution in [0.15, 0.2) is 6.07 Å². The molecule has 81 valence electrons. The predicted molar refractivity (Wildman–Crippen MR) is 48.1 cm³/mol. The van der Waals surface area contributed by atoms with E-state index in [1.54, 1.807) is 6.07 Å². The average molecular weight is 317 g/mol. The summed E-state index contributed by atoms with van der Waals surface area (Å²) in [7, 11) is 0. The van der Waals surface area contributed by atoms with Crippen molar-refractivity contribution in [1.82, 2.24) is 0 Å². The quantitative estimate of drug-likeness (QED) is 0.464. The van der Waals surface area contributed by atoms with E-state index in [2.05, 4.69) is 0 Å². The van der Waals surface area contributed by atoms with Crippen LogP contribution in [0.1, 0.15) is 11.3 Å². The minimum absolute atomic E-state index is 0. The maximum absolute atomic E-state index is 12.9.